The molecule has 0 aromatic carbocycles. The maximum Gasteiger partial charge on any atom is 0.000811 e. The van der Waals surface area contributed by atoms with Crippen LogP contribution < -0.4 is 5.32 Å². The lowest BCUT2D eigenvalue weighted by molar-refractivity contribution is 0.221. The van der Waals surface area contributed by atoms with Crippen LogP contribution in [0.1, 0.15) is 66.7 Å². The van der Waals surface area contributed by atoms with Crippen molar-refractivity contribution in [3.63, 3.8) is 0 Å². The summed E-state index contributed by atoms with van der Waals surface area (Å²) >= 11 is 2.10. The molecular formula is C16H35NS. The van der Waals surface area contributed by atoms with Gasteiger partial charge in [0.2, 0.25) is 0 Å². The summed E-state index contributed by atoms with van der Waals surface area (Å²) in [6.45, 7) is 13.9. The van der Waals surface area contributed by atoms with Gasteiger partial charge in [0.25, 0.3) is 0 Å². The number of thioether (sulfide) groups is 1. The van der Waals surface area contributed by atoms with Crippen molar-refractivity contribution in [3.05, 3.63) is 0 Å². The summed E-state index contributed by atoms with van der Waals surface area (Å²) in [6, 6.07) is 0. The van der Waals surface area contributed by atoms with Crippen LogP contribution in [0.5, 0.6) is 0 Å². The fraction of sp³-hybridized carbons (Fsp3) is 1.00. The lowest BCUT2D eigenvalue weighted by atomic mass is 9.77. The molecule has 0 bridgehead atoms. The van der Waals surface area contributed by atoms with Gasteiger partial charge in [-0.3, -0.25) is 0 Å². The number of unbranched alkanes of at least 4 members (excludes halogenated alkanes) is 1. The van der Waals surface area contributed by atoms with Crippen molar-refractivity contribution < 1.29 is 0 Å². The van der Waals surface area contributed by atoms with Crippen molar-refractivity contribution in [1.82, 2.24) is 5.32 Å². The fourth-order valence-electron chi connectivity index (χ4n) is 2.39. The Morgan fingerprint density at radius 2 is 1.83 bits per heavy atom. The van der Waals surface area contributed by atoms with E-state index < -0.39 is 0 Å². The van der Waals surface area contributed by atoms with Crippen molar-refractivity contribution in [2.45, 2.75) is 66.7 Å². The normalized spacial score (nSPS) is 15.0. The van der Waals surface area contributed by atoms with Crippen LogP contribution in [0, 0.1) is 11.3 Å². The summed E-state index contributed by atoms with van der Waals surface area (Å²) < 4.78 is 0. The molecule has 0 aromatic rings. The Balaban J connectivity index is 4.24. The topological polar surface area (TPSA) is 12.0 Å². The van der Waals surface area contributed by atoms with Crippen molar-refractivity contribution in [2.75, 3.05) is 24.6 Å². The van der Waals surface area contributed by atoms with Crippen LogP contribution in [0.4, 0.5) is 0 Å². The van der Waals surface area contributed by atoms with E-state index in [0.29, 0.717) is 5.41 Å². The monoisotopic (exact) mass is 273 g/mol. The fourth-order valence-corrected chi connectivity index (χ4v) is 3.26. The van der Waals surface area contributed by atoms with Gasteiger partial charge in [-0.25, -0.2) is 0 Å². The molecule has 18 heavy (non-hydrogen) atoms. The molecule has 110 valence electrons. The molecule has 0 aliphatic heterocycles. The number of rotatable bonds is 12. The lowest BCUT2D eigenvalue weighted by Crippen LogP contribution is -2.36. The van der Waals surface area contributed by atoms with E-state index in [9.17, 15) is 0 Å². The summed E-state index contributed by atoms with van der Waals surface area (Å²) in [5, 5.41) is 3.70. The molecule has 0 aromatic heterocycles. The predicted octanol–water partition coefficient (Wildman–Crippen LogP) is 4.96. The average Bonchev–Trinajstić information content (AvgIpc) is 2.35. The van der Waals surface area contributed by atoms with Gasteiger partial charge < -0.3 is 5.32 Å². The molecule has 0 radical (unpaired) electrons. The first kappa shape index (κ1) is 18.3. The van der Waals surface area contributed by atoms with Crippen LogP contribution in [0.25, 0.3) is 0 Å². The van der Waals surface area contributed by atoms with E-state index in [4.69, 9.17) is 0 Å². The zero-order chi connectivity index (χ0) is 13.9. The Labute approximate surface area is 120 Å². The van der Waals surface area contributed by atoms with Gasteiger partial charge in [-0.2, -0.15) is 11.8 Å². The summed E-state index contributed by atoms with van der Waals surface area (Å²) in [4.78, 5) is 0. The first-order valence-electron chi connectivity index (χ1n) is 7.88. The Kier molecular flexibility index (Phi) is 11.4. The zero-order valence-corrected chi connectivity index (χ0v) is 14.2. The second kappa shape index (κ2) is 11.2. The maximum absolute atomic E-state index is 3.70. The van der Waals surface area contributed by atoms with Crippen LogP contribution in [0.2, 0.25) is 0 Å². The molecule has 1 N–H and O–H groups in total. The molecule has 0 amide bonds. The van der Waals surface area contributed by atoms with Crippen molar-refractivity contribution >= 4 is 11.8 Å². The van der Waals surface area contributed by atoms with Crippen LogP contribution in [0.15, 0.2) is 0 Å². The number of hydrogen-bond donors (Lipinski definition) is 1. The van der Waals surface area contributed by atoms with Gasteiger partial charge in [-0.1, -0.05) is 47.5 Å². The van der Waals surface area contributed by atoms with Gasteiger partial charge in [-0.15, -0.1) is 0 Å². The van der Waals surface area contributed by atoms with Gasteiger partial charge in [0.15, 0.2) is 0 Å². The van der Waals surface area contributed by atoms with Crippen molar-refractivity contribution in [3.8, 4) is 0 Å². The van der Waals surface area contributed by atoms with Crippen molar-refractivity contribution in [1.29, 1.82) is 0 Å². The van der Waals surface area contributed by atoms with Gasteiger partial charge in [0.05, 0.1) is 0 Å². The number of hydrogen-bond acceptors (Lipinski definition) is 2. The highest BCUT2D eigenvalue weighted by molar-refractivity contribution is 7.99. The second-order valence-corrected chi connectivity index (χ2v) is 7.32. The van der Waals surface area contributed by atoms with Gasteiger partial charge in [0.1, 0.15) is 0 Å². The Bertz CT molecular complexity index is 182. The standard InChI is InChI=1S/C16H35NS/c1-6-9-10-16(7-2,11-12-18-8-3)14-17-13-15(4)5/h15,17H,6-14H2,1-5H3. The van der Waals surface area contributed by atoms with E-state index in [-0.39, 0.29) is 0 Å². The molecule has 1 unspecified atom stereocenters. The van der Waals surface area contributed by atoms with Crippen LogP contribution in [0.3, 0.4) is 0 Å². The summed E-state index contributed by atoms with van der Waals surface area (Å²) in [5.74, 6) is 3.35. The van der Waals surface area contributed by atoms with E-state index in [1.165, 1.54) is 50.2 Å². The smallest absolute Gasteiger partial charge is 0.000811 e. The summed E-state index contributed by atoms with van der Waals surface area (Å²) in [7, 11) is 0. The maximum atomic E-state index is 3.70. The van der Waals surface area contributed by atoms with Gasteiger partial charge >= 0.3 is 0 Å². The first-order valence-corrected chi connectivity index (χ1v) is 9.04. The minimum absolute atomic E-state index is 0.549. The quantitative estimate of drug-likeness (QED) is 0.504. The molecular weight excluding hydrogens is 238 g/mol. The second-order valence-electron chi connectivity index (χ2n) is 5.93. The Hall–Kier alpha value is 0.310. The molecule has 0 rings (SSSR count). The molecule has 0 saturated carbocycles. The minimum atomic E-state index is 0.549. The SMILES string of the molecule is CCCCC(CC)(CCSCC)CNCC(C)C. The summed E-state index contributed by atoms with van der Waals surface area (Å²) in [5.41, 5.74) is 0.549. The van der Waals surface area contributed by atoms with Crippen molar-refractivity contribution in [2.24, 2.45) is 11.3 Å². The average molecular weight is 274 g/mol. The molecule has 1 nitrogen and oxygen atoms in total. The summed E-state index contributed by atoms with van der Waals surface area (Å²) in [6.07, 6.45) is 6.81. The van der Waals surface area contributed by atoms with Gasteiger partial charge in [-0.05, 0) is 48.6 Å². The molecule has 0 heterocycles. The van der Waals surface area contributed by atoms with E-state index >= 15 is 0 Å². The molecule has 0 aliphatic carbocycles. The van der Waals surface area contributed by atoms with Gasteiger partial charge in [0, 0.05) is 6.54 Å². The lowest BCUT2D eigenvalue weighted by Gasteiger charge is -2.34. The highest BCUT2D eigenvalue weighted by Crippen LogP contribution is 2.33. The van der Waals surface area contributed by atoms with E-state index in [2.05, 4.69) is 51.7 Å². The molecule has 0 spiro atoms. The molecule has 0 saturated heterocycles. The zero-order valence-electron chi connectivity index (χ0n) is 13.3. The highest BCUT2D eigenvalue weighted by atomic mass is 32.2. The van der Waals surface area contributed by atoms with E-state index in [0.717, 1.165) is 12.5 Å². The molecule has 1 atom stereocenters. The third-order valence-electron chi connectivity index (χ3n) is 3.84. The Morgan fingerprint density at radius 3 is 2.33 bits per heavy atom. The third kappa shape index (κ3) is 8.42. The van der Waals surface area contributed by atoms with E-state index in [1.807, 2.05) is 0 Å². The minimum Gasteiger partial charge on any atom is -0.316 e. The number of nitrogens with one attached hydrogen (secondary N) is 1. The molecule has 0 fully saturated rings. The highest BCUT2D eigenvalue weighted by Gasteiger charge is 2.26. The molecule has 0 aliphatic rings. The first-order chi connectivity index (χ1) is 8.60. The third-order valence-corrected chi connectivity index (χ3v) is 4.75. The van der Waals surface area contributed by atoms with Crippen LogP contribution in [-0.2, 0) is 0 Å². The largest absolute Gasteiger partial charge is 0.316 e. The van der Waals surface area contributed by atoms with E-state index in [1.54, 1.807) is 0 Å². The van der Waals surface area contributed by atoms with Crippen LogP contribution >= 0.6 is 11.8 Å². The molecule has 2 heteroatoms. The van der Waals surface area contributed by atoms with Crippen LogP contribution in [-0.4, -0.2) is 24.6 Å². The predicted molar refractivity (Wildman–Crippen MR) is 87.6 cm³/mol. The Morgan fingerprint density at radius 1 is 1.11 bits per heavy atom.